The van der Waals surface area contributed by atoms with Gasteiger partial charge in [0.05, 0.1) is 19.7 Å². The number of halogens is 1. The molecule has 0 saturated heterocycles. The molecule has 92 valence electrons. The summed E-state index contributed by atoms with van der Waals surface area (Å²) in [5.41, 5.74) is 3.76. The molecule has 3 rings (SSSR count). The molecule has 2 aromatic carbocycles. The van der Waals surface area contributed by atoms with E-state index in [1.165, 1.54) is 22.4 Å². The SMILES string of the molecule is Cn1c(-c2ccccc2)[n+](C)c2ccccc21.[I-]. The first kappa shape index (κ1) is 13.1. The number of benzene rings is 2. The van der Waals surface area contributed by atoms with Crippen LogP contribution in [0.3, 0.4) is 0 Å². The molecule has 3 heteroatoms. The zero-order chi connectivity index (χ0) is 11.8. The fraction of sp³-hybridized carbons (Fsp3) is 0.133. The van der Waals surface area contributed by atoms with Crippen LogP contribution in [0, 0.1) is 0 Å². The van der Waals surface area contributed by atoms with Crippen molar-refractivity contribution in [2.45, 2.75) is 0 Å². The van der Waals surface area contributed by atoms with Crippen LogP contribution in [0.2, 0.25) is 0 Å². The Morgan fingerprint density at radius 3 is 2.17 bits per heavy atom. The molecule has 0 atom stereocenters. The number of hydrogen-bond donors (Lipinski definition) is 0. The van der Waals surface area contributed by atoms with E-state index in [9.17, 15) is 0 Å². The number of rotatable bonds is 1. The van der Waals surface area contributed by atoms with E-state index in [0.717, 1.165) is 0 Å². The largest absolute Gasteiger partial charge is 1.00 e. The second-order valence-corrected chi connectivity index (χ2v) is 4.30. The maximum atomic E-state index is 2.24. The van der Waals surface area contributed by atoms with Gasteiger partial charge in [-0.25, -0.2) is 9.13 Å². The van der Waals surface area contributed by atoms with Gasteiger partial charge in [0.25, 0.3) is 5.82 Å². The van der Waals surface area contributed by atoms with E-state index in [1.807, 2.05) is 6.07 Å². The van der Waals surface area contributed by atoms with Gasteiger partial charge in [-0.2, -0.15) is 0 Å². The first-order chi connectivity index (χ1) is 8.29. The average molecular weight is 350 g/mol. The zero-order valence-corrected chi connectivity index (χ0v) is 12.6. The Morgan fingerprint density at radius 2 is 1.50 bits per heavy atom. The highest BCUT2D eigenvalue weighted by molar-refractivity contribution is 5.75. The molecule has 2 nitrogen and oxygen atoms in total. The van der Waals surface area contributed by atoms with Crippen molar-refractivity contribution < 1.29 is 28.5 Å². The molecule has 0 fully saturated rings. The van der Waals surface area contributed by atoms with E-state index < -0.39 is 0 Å². The molecule has 0 unspecified atom stereocenters. The van der Waals surface area contributed by atoms with Crippen molar-refractivity contribution in [3.8, 4) is 11.4 Å². The minimum Gasteiger partial charge on any atom is -1.00 e. The van der Waals surface area contributed by atoms with Crippen LogP contribution in [0.25, 0.3) is 22.4 Å². The quantitative estimate of drug-likeness (QED) is 0.420. The Balaban J connectivity index is 0.00000120. The van der Waals surface area contributed by atoms with Gasteiger partial charge in [0, 0.05) is 0 Å². The van der Waals surface area contributed by atoms with Crippen LogP contribution in [0.15, 0.2) is 54.6 Å². The van der Waals surface area contributed by atoms with E-state index in [4.69, 9.17) is 0 Å². The Bertz CT molecular complexity index is 633. The molecule has 0 saturated carbocycles. The lowest BCUT2D eigenvalue weighted by atomic mass is 10.2. The van der Waals surface area contributed by atoms with Crippen molar-refractivity contribution in [1.29, 1.82) is 0 Å². The van der Waals surface area contributed by atoms with Gasteiger partial charge in [-0.3, -0.25) is 0 Å². The zero-order valence-electron chi connectivity index (χ0n) is 10.5. The summed E-state index contributed by atoms with van der Waals surface area (Å²) in [7, 11) is 4.23. The van der Waals surface area contributed by atoms with Crippen molar-refractivity contribution in [2.24, 2.45) is 14.1 Å². The van der Waals surface area contributed by atoms with E-state index >= 15 is 0 Å². The predicted octanol–water partition coefficient (Wildman–Crippen LogP) is -0.326. The summed E-state index contributed by atoms with van der Waals surface area (Å²) in [5.74, 6) is 1.23. The van der Waals surface area contributed by atoms with Gasteiger partial charge in [-0.15, -0.1) is 0 Å². The molecule has 0 N–H and O–H groups in total. The first-order valence-electron chi connectivity index (χ1n) is 5.78. The molecule has 3 aromatic rings. The molecular formula is C15H15IN2. The van der Waals surface area contributed by atoms with E-state index in [0.29, 0.717) is 0 Å². The second-order valence-electron chi connectivity index (χ2n) is 4.30. The van der Waals surface area contributed by atoms with Crippen LogP contribution >= 0.6 is 0 Å². The maximum absolute atomic E-state index is 2.24. The Morgan fingerprint density at radius 1 is 0.889 bits per heavy atom. The van der Waals surface area contributed by atoms with Gasteiger partial charge in [0.1, 0.15) is 0 Å². The van der Waals surface area contributed by atoms with Gasteiger partial charge < -0.3 is 24.0 Å². The van der Waals surface area contributed by atoms with Crippen LogP contribution in [0.4, 0.5) is 0 Å². The molecule has 1 aromatic heterocycles. The van der Waals surface area contributed by atoms with Gasteiger partial charge in [0.15, 0.2) is 11.0 Å². The molecule has 0 aliphatic carbocycles. The number of para-hydroxylation sites is 2. The summed E-state index contributed by atoms with van der Waals surface area (Å²) in [6, 6.07) is 19.0. The predicted molar refractivity (Wildman–Crippen MR) is 69.5 cm³/mol. The summed E-state index contributed by atoms with van der Waals surface area (Å²) in [4.78, 5) is 0. The average Bonchev–Trinajstić information content (AvgIpc) is 2.64. The van der Waals surface area contributed by atoms with Crippen molar-refractivity contribution >= 4 is 11.0 Å². The minimum atomic E-state index is 0. The highest BCUT2D eigenvalue weighted by Crippen LogP contribution is 2.20. The third-order valence-electron chi connectivity index (χ3n) is 3.27. The molecule has 0 radical (unpaired) electrons. The molecule has 18 heavy (non-hydrogen) atoms. The maximum Gasteiger partial charge on any atom is 0.289 e. The third-order valence-corrected chi connectivity index (χ3v) is 3.27. The summed E-state index contributed by atoms with van der Waals surface area (Å²) in [6.07, 6.45) is 0. The lowest BCUT2D eigenvalue weighted by Gasteiger charge is -1.97. The van der Waals surface area contributed by atoms with Crippen molar-refractivity contribution in [1.82, 2.24) is 4.57 Å². The van der Waals surface area contributed by atoms with Crippen molar-refractivity contribution in [3.05, 3.63) is 54.6 Å². The normalized spacial score (nSPS) is 10.3. The summed E-state index contributed by atoms with van der Waals surface area (Å²) in [6.45, 7) is 0. The third kappa shape index (κ3) is 1.92. The van der Waals surface area contributed by atoms with Crippen LogP contribution in [0.5, 0.6) is 0 Å². The van der Waals surface area contributed by atoms with Crippen molar-refractivity contribution in [3.63, 3.8) is 0 Å². The molecule has 0 aliphatic heterocycles. The standard InChI is InChI=1S/C15H15N2.HI/c1-16-13-10-6-7-11-14(13)17(2)15(16)12-8-4-3-5-9-12;/h3-11H,1-2H3;1H/q+1;/p-1. The minimum absolute atomic E-state index is 0. The number of hydrogen-bond acceptors (Lipinski definition) is 0. The highest BCUT2D eigenvalue weighted by atomic mass is 127. The fourth-order valence-corrected chi connectivity index (χ4v) is 2.46. The number of fused-ring (bicyclic) bond motifs is 1. The van der Waals surface area contributed by atoms with E-state index in [-0.39, 0.29) is 24.0 Å². The second kappa shape index (κ2) is 5.10. The Labute approximate surface area is 124 Å². The number of imidazole rings is 1. The molecule has 0 aliphatic rings. The summed E-state index contributed by atoms with van der Waals surface area (Å²) < 4.78 is 4.48. The smallest absolute Gasteiger partial charge is 0.289 e. The lowest BCUT2D eigenvalue weighted by molar-refractivity contribution is -0.634. The van der Waals surface area contributed by atoms with Gasteiger partial charge >= 0.3 is 0 Å². The van der Waals surface area contributed by atoms with E-state index in [1.54, 1.807) is 0 Å². The van der Waals surface area contributed by atoms with Crippen LogP contribution < -0.4 is 28.5 Å². The highest BCUT2D eigenvalue weighted by Gasteiger charge is 2.20. The topological polar surface area (TPSA) is 8.81 Å². The first-order valence-corrected chi connectivity index (χ1v) is 5.78. The van der Waals surface area contributed by atoms with Crippen LogP contribution in [0.1, 0.15) is 0 Å². The number of nitrogens with zero attached hydrogens (tertiary/aromatic N) is 2. The molecule has 0 amide bonds. The lowest BCUT2D eigenvalue weighted by Crippen LogP contribution is -3.00. The number of aromatic nitrogens is 2. The molecule has 0 bridgehead atoms. The Hall–Kier alpha value is -1.36. The molecule has 1 heterocycles. The fourth-order valence-electron chi connectivity index (χ4n) is 2.46. The van der Waals surface area contributed by atoms with Crippen molar-refractivity contribution in [2.75, 3.05) is 0 Å². The van der Waals surface area contributed by atoms with E-state index in [2.05, 4.69) is 71.8 Å². The molecular weight excluding hydrogens is 335 g/mol. The van der Waals surface area contributed by atoms with Gasteiger partial charge in [-0.05, 0) is 24.3 Å². The summed E-state index contributed by atoms with van der Waals surface area (Å²) in [5, 5.41) is 0. The Kier molecular flexibility index (Phi) is 3.71. The molecule has 0 spiro atoms. The van der Waals surface area contributed by atoms with Crippen LogP contribution in [-0.4, -0.2) is 4.57 Å². The van der Waals surface area contributed by atoms with Crippen LogP contribution in [-0.2, 0) is 14.1 Å². The summed E-state index contributed by atoms with van der Waals surface area (Å²) >= 11 is 0. The number of aryl methyl sites for hydroxylation is 2. The van der Waals surface area contributed by atoms with Gasteiger partial charge in [-0.1, -0.05) is 30.3 Å². The monoisotopic (exact) mass is 350 g/mol. The van der Waals surface area contributed by atoms with Gasteiger partial charge in [0.2, 0.25) is 0 Å².